The van der Waals surface area contributed by atoms with E-state index in [9.17, 15) is 0 Å². The highest BCUT2D eigenvalue weighted by molar-refractivity contribution is 5.77. The number of rotatable bonds is 5. The van der Waals surface area contributed by atoms with Crippen molar-refractivity contribution in [2.45, 2.75) is 12.5 Å². The molecule has 0 aromatic heterocycles. The molecule has 0 unspecified atom stereocenters. The highest BCUT2D eigenvalue weighted by Crippen LogP contribution is 2.40. The molecule has 0 fully saturated rings. The second-order valence-corrected chi connectivity index (χ2v) is 6.24. The molecule has 0 aliphatic heterocycles. The average Bonchev–Trinajstić information content (AvgIpc) is 2.97. The van der Waals surface area contributed by atoms with E-state index in [2.05, 4.69) is 66.0 Å². The monoisotopic (exact) mass is 316 g/mol. The number of hydrogen-bond acceptors (Lipinski definition) is 1. The van der Waals surface area contributed by atoms with Gasteiger partial charge in [-0.3, -0.25) is 0 Å². The Morgan fingerprint density at radius 3 is 2.04 bits per heavy atom. The first-order chi connectivity index (χ1) is 11.9. The van der Waals surface area contributed by atoms with Crippen LogP contribution < -0.4 is 10.1 Å². The number of benzene rings is 3. The molecule has 0 spiro atoms. The van der Waals surface area contributed by atoms with Gasteiger partial charge in [0, 0.05) is 17.5 Å². The van der Waals surface area contributed by atoms with E-state index in [0.29, 0.717) is 6.04 Å². The third-order valence-corrected chi connectivity index (χ3v) is 4.89. The minimum absolute atomic E-state index is 0.395. The van der Waals surface area contributed by atoms with Gasteiger partial charge in [-0.1, -0.05) is 66.7 Å². The maximum Gasteiger partial charge on any atom is 0.139 e. The Labute approximate surface area is 143 Å². The molecular weight excluding hydrogens is 294 g/mol. The zero-order valence-corrected chi connectivity index (χ0v) is 13.9. The highest BCUT2D eigenvalue weighted by atomic mass is 16.5. The van der Waals surface area contributed by atoms with E-state index >= 15 is 0 Å². The largest absolute Gasteiger partial charge is 0.496 e. The Morgan fingerprint density at radius 2 is 1.38 bits per heavy atom. The van der Waals surface area contributed by atoms with E-state index in [0.717, 1.165) is 18.7 Å². The number of nitrogens with two attached hydrogens (primary N) is 1. The molecule has 4 rings (SSSR count). The van der Waals surface area contributed by atoms with Crippen LogP contribution in [0.5, 0.6) is 5.75 Å². The van der Waals surface area contributed by atoms with Crippen LogP contribution in [0.2, 0.25) is 0 Å². The van der Waals surface area contributed by atoms with Gasteiger partial charge in [0.25, 0.3) is 0 Å². The summed E-state index contributed by atoms with van der Waals surface area (Å²) in [7, 11) is 1.74. The van der Waals surface area contributed by atoms with Crippen LogP contribution in [0.3, 0.4) is 0 Å². The Bertz CT molecular complexity index is 810. The van der Waals surface area contributed by atoms with E-state index in [-0.39, 0.29) is 0 Å². The lowest BCUT2D eigenvalue weighted by atomic mass is 10.0. The van der Waals surface area contributed by atoms with E-state index in [1.54, 1.807) is 7.11 Å². The van der Waals surface area contributed by atoms with Gasteiger partial charge in [-0.2, -0.15) is 0 Å². The summed E-state index contributed by atoms with van der Waals surface area (Å²) in [4.78, 5) is 0. The molecule has 2 nitrogen and oxygen atoms in total. The van der Waals surface area contributed by atoms with Gasteiger partial charge < -0.3 is 10.1 Å². The Balaban J connectivity index is 1.55. The standard InChI is InChI=1S/C22H21NO/c1-24-21-13-7-2-8-16(21)14-15-23-22-19-11-5-3-9-17(19)18-10-4-6-12-20(18)22/h2-13,22-23H,14-15H2,1H3/p+1. The molecule has 2 heteroatoms. The zero-order valence-electron chi connectivity index (χ0n) is 13.9. The van der Waals surface area contributed by atoms with Crippen molar-refractivity contribution in [1.82, 2.24) is 0 Å². The average molecular weight is 316 g/mol. The first kappa shape index (κ1) is 15.0. The molecule has 1 aliphatic carbocycles. The fourth-order valence-electron chi connectivity index (χ4n) is 3.76. The third kappa shape index (κ3) is 2.59. The summed E-state index contributed by atoms with van der Waals surface area (Å²) < 4.78 is 5.47. The number of methoxy groups -OCH3 is 1. The Kier molecular flexibility index (Phi) is 4.06. The molecule has 24 heavy (non-hydrogen) atoms. The lowest BCUT2D eigenvalue weighted by Gasteiger charge is -2.13. The van der Waals surface area contributed by atoms with Crippen molar-refractivity contribution < 1.29 is 10.1 Å². The molecule has 2 N–H and O–H groups in total. The summed E-state index contributed by atoms with van der Waals surface area (Å²) in [5, 5.41) is 2.46. The van der Waals surface area contributed by atoms with Gasteiger partial charge in [-0.15, -0.1) is 0 Å². The predicted molar refractivity (Wildman–Crippen MR) is 97.2 cm³/mol. The fraction of sp³-hybridized carbons (Fsp3) is 0.182. The molecule has 0 atom stereocenters. The van der Waals surface area contributed by atoms with Crippen LogP contribution in [0.4, 0.5) is 0 Å². The molecule has 0 bridgehead atoms. The van der Waals surface area contributed by atoms with Crippen LogP contribution in [-0.2, 0) is 6.42 Å². The summed E-state index contributed by atoms with van der Waals surface area (Å²) in [6.45, 7) is 1.04. The van der Waals surface area contributed by atoms with Gasteiger partial charge >= 0.3 is 0 Å². The molecule has 0 saturated carbocycles. The zero-order chi connectivity index (χ0) is 16.4. The van der Waals surface area contributed by atoms with E-state index < -0.39 is 0 Å². The molecule has 0 amide bonds. The summed E-state index contributed by atoms with van der Waals surface area (Å²) in [5.74, 6) is 0.984. The smallest absolute Gasteiger partial charge is 0.139 e. The van der Waals surface area contributed by atoms with Gasteiger partial charge in [-0.25, -0.2) is 0 Å². The summed E-state index contributed by atoms with van der Waals surface area (Å²) in [6.07, 6.45) is 1.00. The van der Waals surface area contributed by atoms with E-state index in [4.69, 9.17) is 4.74 Å². The first-order valence-corrected chi connectivity index (χ1v) is 8.52. The van der Waals surface area contributed by atoms with Crippen molar-refractivity contribution in [3.05, 3.63) is 89.5 Å². The van der Waals surface area contributed by atoms with Crippen LogP contribution in [0.25, 0.3) is 11.1 Å². The molecule has 120 valence electrons. The van der Waals surface area contributed by atoms with Gasteiger partial charge in [0.2, 0.25) is 0 Å². The van der Waals surface area contributed by atoms with Crippen LogP contribution in [0, 0.1) is 0 Å². The number of hydrogen-bond donors (Lipinski definition) is 1. The maximum absolute atomic E-state index is 5.47. The molecular formula is C22H22NO+. The Hall–Kier alpha value is -2.58. The van der Waals surface area contributed by atoms with Crippen molar-refractivity contribution >= 4 is 0 Å². The van der Waals surface area contributed by atoms with Crippen molar-refractivity contribution in [3.8, 4) is 16.9 Å². The van der Waals surface area contributed by atoms with Crippen LogP contribution >= 0.6 is 0 Å². The molecule has 0 radical (unpaired) electrons. The number of fused-ring (bicyclic) bond motifs is 3. The lowest BCUT2D eigenvalue weighted by molar-refractivity contribution is -0.686. The maximum atomic E-state index is 5.47. The molecule has 0 saturated heterocycles. The van der Waals surface area contributed by atoms with Gasteiger partial charge in [0.05, 0.1) is 13.7 Å². The Morgan fingerprint density at radius 1 is 0.792 bits per heavy atom. The quantitative estimate of drug-likeness (QED) is 0.765. The number of quaternary nitrogens is 1. The van der Waals surface area contributed by atoms with E-state index in [1.807, 2.05) is 12.1 Å². The SMILES string of the molecule is COc1ccccc1CC[NH2+]C1c2ccccc2-c2ccccc21. The molecule has 0 heterocycles. The van der Waals surface area contributed by atoms with Gasteiger partial charge in [-0.05, 0) is 22.8 Å². The molecule has 3 aromatic rings. The van der Waals surface area contributed by atoms with Crippen molar-refractivity contribution in [2.75, 3.05) is 13.7 Å². The van der Waals surface area contributed by atoms with Crippen molar-refractivity contribution in [2.24, 2.45) is 0 Å². The minimum atomic E-state index is 0.395. The first-order valence-electron chi connectivity index (χ1n) is 8.52. The topological polar surface area (TPSA) is 25.8 Å². The normalized spacial score (nSPS) is 12.7. The summed E-state index contributed by atoms with van der Waals surface area (Å²) in [5.41, 5.74) is 6.89. The molecule has 1 aliphatic rings. The van der Waals surface area contributed by atoms with Crippen molar-refractivity contribution in [1.29, 1.82) is 0 Å². The summed E-state index contributed by atoms with van der Waals surface area (Å²) >= 11 is 0. The number of para-hydroxylation sites is 1. The minimum Gasteiger partial charge on any atom is -0.496 e. The second-order valence-electron chi connectivity index (χ2n) is 6.24. The lowest BCUT2D eigenvalue weighted by Crippen LogP contribution is -2.85. The summed E-state index contributed by atoms with van der Waals surface area (Å²) in [6, 6.07) is 26.2. The van der Waals surface area contributed by atoms with Crippen LogP contribution in [-0.4, -0.2) is 13.7 Å². The van der Waals surface area contributed by atoms with Gasteiger partial charge in [0.15, 0.2) is 0 Å². The fourth-order valence-corrected chi connectivity index (χ4v) is 3.76. The highest BCUT2D eigenvalue weighted by Gasteiger charge is 2.30. The van der Waals surface area contributed by atoms with Crippen LogP contribution in [0.1, 0.15) is 22.7 Å². The van der Waals surface area contributed by atoms with Gasteiger partial charge in [0.1, 0.15) is 11.8 Å². The van der Waals surface area contributed by atoms with Crippen LogP contribution in [0.15, 0.2) is 72.8 Å². The molecule has 3 aromatic carbocycles. The number of ether oxygens (including phenoxy) is 1. The predicted octanol–water partition coefficient (Wildman–Crippen LogP) is 3.57. The van der Waals surface area contributed by atoms with E-state index in [1.165, 1.54) is 27.8 Å². The van der Waals surface area contributed by atoms with Crippen molar-refractivity contribution in [3.63, 3.8) is 0 Å². The second kappa shape index (κ2) is 6.50. The third-order valence-electron chi connectivity index (χ3n) is 4.89.